The van der Waals surface area contributed by atoms with E-state index in [0.717, 1.165) is 24.8 Å². The summed E-state index contributed by atoms with van der Waals surface area (Å²) in [6.07, 6.45) is 2.44. The molecule has 9 heteroatoms. The molecule has 1 aliphatic carbocycles. The number of benzene rings is 1. The van der Waals surface area contributed by atoms with E-state index in [1.54, 1.807) is 30.0 Å². The maximum Gasteiger partial charge on any atom is 0.253 e. The fraction of sp³-hybridized carbons (Fsp3) is 0.600. The van der Waals surface area contributed by atoms with Crippen LogP contribution in [0.1, 0.15) is 48.1 Å². The molecule has 1 aromatic rings. The van der Waals surface area contributed by atoms with Gasteiger partial charge in [0, 0.05) is 44.8 Å². The highest BCUT2D eigenvalue weighted by atomic mass is 16.2. The molecule has 7 atom stereocenters. The summed E-state index contributed by atoms with van der Waals surface area (Å²) in [5, 5.41) is 9.39. The number of hydrogen-bond donors (Lipinski definition) is 1. The molecule has 34 heavy (non-hydrogen) atoms. The lowest BCUT2D eigenvalue weighted by atomic mass is 10.0. The van der Waals surface area contributed by atoms with Crippen LogP contribution < -0.4 is 5.73 Å². The Balaban J connectivity index is 1.24. The number of nitrogens with zero attached hydrogens (tertiary/aromatic N) is 5. The van der Waals surface area contributed by atoms with Crippen molar-refractivity contribution >= 4 is 17.7 Å². The molecule has 4 aliphatic rings. The third-order valence-electron chi connectivity index (χ3n) is 8.01. The molecule has 0 aromatic heterocycles. The lowest BCUT2D eigenvalue weighted by Gasteiger charge is -2.38. The zero-order chi connectivity index (χ0) is 24.3. The fourth-order valence-electron chi connectivity index (χ4n) is 6.16. The van der Waals surface area contributed by atoms with E-state index < -0.39 is 6.04 Å². The van der Waals surface area contributed by atoms with Gasteiger partial charge in [0.25, 0.3) is 5.91 Å². The number of piperazine rings is 1. The summed E-state index contributed by atoms with van der Waals surface area (Å²) in [5.74, 6) is 0.263. The summed E-state index contributed by atoms with van der Waals surface area (Å²) in [5.41, 5.74) is 7.84. The average Bonchev–Trinajstić information content (AvgIpc) is 3.15. The van der Waals surface area contributed by atoms with Crippen molar-refractivity contribution in [3.8, 4) is 6.07 Å². The molecule has 3 amide bonds. The second-order valence-electron chi connectivity index (χ2n) is 10.4. The van der Waals surface area contributed by atoms with E-state index in [1.165, 1.54) is 0 Å². The van der Waals surface area contributed by atoms with Crippen LogP contribution in [0.5, 0.6) is 0 Å². The SMILES string of the molecule is C[C@H](c1cccc(C(=O)N(C)C)c1)N1C(=O)[C@H]2C[C@@H]1CN2C[C@H](N)C(=O)N1C2C[C@H]2C[C@H]1C#N. The van der Waals surface area contributed by atoms with Gasteiger partial charge in [0.2, 0.25) is 11.8 Å². The quantitative estimate of drug-likeness (QED) is 0.659. The number of amides is 3. The number of nitrogens with two attached hydrogens (primary N) is 1. The number of carbonyl (C=O) groups excluding carboxylic acids is 3. The number of piperidine rings is 1. The fourth-order valence-corrected chi connectivity index (χ4v) is 6.16. The first-order valence-electron chi connectivity index (χ1n) is 12.1. The Morgan fingerprint density at radius 3 is 2.71 bits per heavy atom. The van der Waals surface area contributed by atoms with E-state index in [9.17, 15) is 19.6 Å². The minimum Gasteiger partial charge on any atom is -0.345 e. The van der Waals surface area contributed by atoms with Crippen LogP contribution in [0.25, 0.3) is 0 Å². The lowest BCUT2D eigenvalue weighted by Crippen LogP contribution is -2.57. The summed E-state index contributed by atoms with van der Waals surface area (Å²) in [6, 6.07) is 8.39. The van der Waals surface area contributed by atoms with Crippen LogP contribution >= 0.6 is 0 Å². The van der Waals surface area contributed by atoms with Crippen molar-refractivity contribution in [2.75, 3.05) is 27.2 Å². The highest BCUT2D eigenvalue weighted by molar-refractivity contribution is 5.94. The molecule has 0 radical (unpaired) electrons. The van der Waals surface area contributed by atoms with E-state index in [0.29, 0.717) is 24.6 Å². The van der Waals surface area contributed by atoms with Crippen LogP contribution in [0.4, 0.5) is 0 Å². The predicted molar refractivity (Wildman–Crippen MR) is 124 cm³/mol. The number of fused-ring (bicyclic) bond motifs is 3. The third kappa shape index (κ3) is 3.65. The summed E-state index contributed by atoms with van der Waals surface area (Å²) in [6.45, 7) is 3.00. The molecule has 0 spiro atoms. The van der Waals surface area contributed by atoms with Crippen LogP contribution in [0.2, 0.25) is 0 Å². The zero-order valence-electron chi connectivity index (χ0n) is 19.9. The molecule has 2 bridgehead atoms. The Hall–Kier alpha value is -2.96. The molecule has 1 aromatic carbocycles. The van der Waals surface area contributed by atoms with Crippen LogP contribution in [-0.4, -0.2) is 94.7 Å². The zero-order valence-corrected chi connectivity index (χ0v) is 19.9. The number of carbonyl (C=O) groups is 3. The molecule has 1 unspecified atom stereocenters. The molecular formula is C25H32N6O3. The van der Waals surface area contributed by atoms with Gasteiger partial charge in [0.15, 0.2) is 0 Å². The van der Waals surface area contributed by atoms with Crippen molar-refractivity contribution in [1.29, 1.82) is 5.26 Å². The van der Waals surface area contributed by atoms with E-state index >= 15 is 0 Å². The number of hydrogen-bond acceptors (Lipinski definition) is 6. The molecular weight excluding hydrogens is 432 g/mol. The maximum absolute atomic E-state index is 13.3. The van der Waals surface area contributed by atoms with E-state index in [4.69, 9.17) is 5.73 Å². The Morgan fingerprint density at radius 2 is 2.03 bits per heavy atom. The molecule has 3 heterocycles. The van der Waals surface area contributed by atoms with Crippen LogP contribution in [0, 0.1) is 17.2 Å². The van der Waals surface area contributed by atoms with Gasteiger partial charge in [-0.1, -0.05) is 12.1 Å². The second-order valence-corrected chi connectivity index (χ2v) is 10.4. The van der Waals surface area contributed by atoms with Gasteiger partial charge >= 0.3 is 0 Å². The van der Waals surface area contributed by atoms with Crippen molar-refractivity contribution in [3.63, 3.8) is 0 Å². The average molecular weight is 465 g/mol. The summed E-state index contributed by atoms with van der Waals surface area (Å²) in [7, 11) is 3.44. The first-order chi connectivity index (χ1) is 16.2. The molecule has 180 valence electrons. The number of nitriles is 1. The predicted octanol–water partition coefficient (Wildman–Crippen LogP) is 0.575. The van der Waals surface area contributed by atoms with Crippen LogP contribution in [0.15, 0.2) is 24.3 Å². The first kappa shape index (κ1) is 22.8. The molecule has 3 saturated heterocycles. The van der Waals surface area contributed by atoms with Crippen molar-refractivity contribution in [2.45, 2.75) is 62.4 Å². The highest BCUT2D eigenvalue weighted by Crippen LogP contribution is 2.48. The van der Waals surface area contributed by atoms with Gasteiger partial charge in [-0.2, -0.15) is 5.26 Å². The van der Waals surface area contributed by atoms with Gasteiger partial charge in [0.1, 0.15) is 6.04 Å². The van der Waals surface area contributed by atoms with Gasteiger partial charge in [-0.25, -0.2) is 0 Å². The Morgan fingerprint density at radius 1 is 1.26 bits per heavy atom. The summed E-state index contributed by atoms with van der Waals surface area (Å²) in [4.78, 5) is 45.9. The Labute approximate surface area is 200 Å². The second kappa shape index (κ2) is 8.36. The van der Waals surface area contributed by atoms with Crippen LogP contribution in [-0.2, 0) is 9.59 Å². The first-order valence-corrected chi connectivity index (χ1v) is 12.1. The molecule has 2 N–H and O–H groups in total. The largest absolute Gasteiger partial charge is 0.345 e. The highest BCUT2D eigenvalue weighted by Gasteiger charge is 2.56. The topological polar surface area (TPSA) is 114 Å². The minimum absolute atomic E-state index is 0.0473. The van der Waals surface area contributed by atoms with Crippen molar-refractivity contribution in [1.82, 2.24) is 19.6 Å². The molecule has 1 saturated carbocycles. The van der Waals surface area contributed by atoms with E-state index in [-0.39, 0.29) is 47.9 Å². The van der Waals surface area contributed by atoms with Gasteiger partial charge in [-0.3, -0.25) is 19.3 Å². The molecule has 5 rings (SSSR count). The van der Waals surface area contributed by atoms with Crippen molar-refractivity contribution in [2.24, 2.45) is 11.7 Å². The van der Waals surface area contributed by atoms with Gasteiger partial charge in [-0.15, -0.1) is 0 Å². The Kier molecular flexibility index (Phi) is 5.61. The minimum atomic E-state index is -0.734. The number of likely N-dealkylation sites (tertiary alicyclic amines) is 3. The third-order valence-corrected chi connectivity index (χ3v) is 8.01. The van der Waals surface area contributed by atoms with E-state index in [1.807, 2.05) is 34.9 Å². The van der Waals surface area contributed by atoms with Gasteiger partial charge in [0.05, 0.1) is 24.2 Å². The standard InChI is InChI=1S/C25H32N6O3/c1-14(15-5-4-6-16(7-15)23(32)28(2)3)30-19-10-22(25(30)34)29(12-19)13-20(27)24(33)31-18(11-26)8-17-9-21(17)31/h4-7,14,17-22H,8-10,12-13,27H2,1-3H3/t14-,17-,18+,19-,20+,21?,22-/m1/s1. The monoisotopic (exact) mass is 464 g/mol. The number of rotatable bonds is 6. The summed E-state index contributed by atoms with van der Waals surface area (Å²) >= 11 is 0. The lowest BCUT2D eigenvalue weighted by molar-refractivity contribution is -0.141. The smallest absolute Gasteiger partial charge is 0.253 e. The Bertz CT molecular complexity index is 1070. The molecule has 3 aliphatic heterocycles. The molecule has 4 fully saturated rings. The maximum atomic E-state index is 13.3. The summed E-state index contributed by atoms with van der Waals surface area (Å²) < 4.78 is 0. The van der Waals surface area contributed by atoms with Crippen molar-refractivity contribution < 1.29 is 14.4 Å². The van der Waals surface area contributed by atoms with Gasteiger partial charge < -0.3 is 20.4 Å². The normalized spacial score (nSPS) is 31.3. The van der Waals surface area contributed by atoms with E-state index in [2.05, 4.69) is 6.07 Å². The van der Waals surface area contributed by atoms with Crippen LogP contribution in [0.3, 0.4) is 0 Å². The van der Waals surface area contributed by atoms with Gasteiger partial charge in [-0.05, 0) is 49.8 Å². The molecule has 9 nitrogen and oxygen atoms in total. The van der Waals surface area contributed by atoms with Crippen molar-refractivity contribution in [3.05, 3.63) is 35.4 Å².